The number of hydrogen-bond acceptors (Lipinski definition) is 3. The Labute approximate surface area is 104 Å². The molecule has 1 aliphatic carbocycles. The summed E-state index contributed by atoms with van der Waals surface area (Å²) in [6, 6.07) is 1.19. The second-order valence-electron chi connectivity index (χ2n) is 5.72. The van der Waals surface area contributed by atoms with E-state index in [9.17, 15) is 0 Å². The van der Waals surface area contributed by atoms with Crippen LogP contribution in [0.2, 0.25) is 0 Å². The molecule has 4 atom stereocenters. The number of hydrogen-bond donors (Lipinski definition) is 1. The Kier molecular flexibility index (Phi) is 3.83. The normalized spacial score (nSPS) is 39.2. The third kappa shape index (κ3) is 2.55. The zero-order chi connectivity index (χ0) is 11.7. The fourth-order valence-corrected chi connectivity index (χ4v) is 3.77. The molecule has 3 heteroatoms. The summed E-state index contributed by atoms with van der Waals surface area (Å²) >= 11 is 1.91. The molecular weight excluding hydrogens is 216 g/mol. The molecule has 16 heavy (non-hydrogen) atoms. The van der Waals surface area contributed by atoms with Crippen LogP contribution in [0.4, 0.5) is 0 Å². The predicted molar refractivity (Wildman–Crippen MR) is 73.0 cm³/mol. The molecule has 0 aromatic carbocycles. The number of nitrogens with zero attached hydrogens (tertiary/aromatic N) is 1. The van der Waals surface area contributed by atoms with Gasteiger partial charge in [-0.15, -0.1) is 0 Å². The van der Waals surface area contributed by atoms with Crippen LogP contribution >= 0.6 is 11.8 Å². The summed E-state index contributed by atoms with van der Waals surface area (Å²) in [7, 11) is 0. The molecule has 1 saturated carbocycles. The lowest BCUT2D eigenvalue weighted by atomic mass is 9.98. The minimum absolute atomic E-state index is 0.529. The van der Waals surface area contributed by atoms with E-state index in [1.165, 1.54) is 18.0 Å². The van der Waals surface area contributed by atoms with Crippen molar-refractivity contribution in [3.8, 4) is 0 Å². The zero-order valence-electron chi connectivity index (χ0n) is 10.9. The summed E-state index contributed by atoms with van der Waals surface area (Å²) < 4.78 is 0. The van der Waals surface area contributed by atoms with Crippen LogP contribution in [0.15, 0.2) is 4.99 Å². The Bertz CT molecular complexity index is 275. The van der Waals surface area contributed by atoms with E-state index in [-0.39, 0.29) is 0 Å². The molecule has 0 spiro atoms. The molecule has 3 unspecified atom stereocenters. The first kappa shape index (κ1) is 12.3. The summed E-state index contributed by atoms with van der Waals surface area (Å²) in [5, 5.41) is 4.85. The van der Waals surface area contributed by atoms with Gasteiger partial charge in [0.1, 0.15) is 0 Å². The van der Waals surface area contributed by atoms with Crippen molar-refractivity contribution < 1.29 is 0 Å². The molecule has 2 aliphatic rings. The lowest BCUT2D eigenvalue weighted by Crippen LogP contribution is -2.35. The summed E-state index contributed by atoms with van der Waals surface area (Å²) in [4.78, 5) is 4.78. The highest BCUT2D eigenvalue weighted by Crippen LogP contribution is 2.32. The average molecular weight is 240 g/mol. The Morgan fingerprint density at radius 1 is 1.31 bits per heavy atom. The Morgan fingerprint density at radius 3 is 2.56 bits per heavy atom. The van der Waals surface area contributed by atoms with Crippen LogP contribution in [-0.4, -0.2) is 23.0 Å². The van der Waals surface area contributed by atoms with Gasteiger partial charge >= 0.3 is 0 Å². The van der Waals surface area contributed by atoms with E-state index in [4.69, 9.17) is 4.99 Å². The number of rotatable bonds is 2. The number of amidine groups is 1. The molecule has 1 aliphatic heterocycles. The maximum Gasteiger partial charge on any atom is 0.157 e. The van der Waals surface area contributed by atoms with Gasteiger partial charge in [0, 0.05) is 11.8 Å². The van der Waals surface area contributed by atoms with E-state index in [1.807, 2.05) is 11.8 Å². The topological polar surface area (TPSA) is 24.4 Å². The van der Waals surface area contributed by atoms with E-state index >= 15 is 0 Å². The first-order valence-corrected chi connectivity index (χ1v) is 7.53. The molecule has 0 bridgehead atoms. The van der Waals surface area contributed by atoms with Crippen LogP contribution in [0, 0.1) is 17.8 Å². The molecule has 0 saturated heterocycles. The van der Waals surface area contributed by atoms with E-state index in [2.05, 4.69) is 33.0 Å². The first-order valence-electron chi connectivity index (χ1n) is 6.55. The number of nitrogens with one attached hydrogen (secondary N) is 1. The van der Waals surface area contributed by atoms with Crippen LogP contribution < -0.4 is 5.32 Å². The molecule has 1 N–H and O–H groups in total. The van der Waals surface area contributed by atoms with Gasteiger partial charge in [0.05, 0.1) is 6.04 Å². The first-order chi connectivity index (χ1) is 7.58. The van der Waals surface area contributed by atoms with Crippen molar-refractivity contribution in [2.75, 3.05) is 5.75 Å². The maximum absolute atomic E-state index is 4.78. The van der Waals surface area contributed by atoms with Crippen molar-refractivity contribution in [1.82, 2.24) is 5.32 Å². The van der Waals surface area contributed by atoms with E-state index < -0.39 is 0 Å². The fourth-order valence-electron chi connectivity index (χ4n) is 2.54. The van der Waals surface area contributed by atoms with Gasteiger partial charge in [-0.1, -0.05) is 39.5 Å². The highest BCUT2D eigenvalue weighted by atomic mass is 32.2. The minimum atomic E-state index is 0.529. The standard InChI is InChI=1S/C13H24N2S/c1-8(2)12-7-16-13(15-12)14-11-6-5-9(3)10(11)4/h8-12H,5-7H2,1-4H3,(H,14,15)/t9?,10?,11?,12-/m1/s1. The Morgan fingerprint density at radius 2 is 2.06 bits per heavy atom. The van der Waals surface area contributed by atoms with Gasteiger partial charge in [-0.2, -0.15) is 0 Å². The number of aliphatic imine (C=N–C) groups is 1. The van der Waals surface area contributed by atoms with Crippen molar-refractivity contribution in [1.29, 1.82) is 0 Å². The third-order valence-corrected chi connectivity index (χ3v) is 5.22. The zero-order valence-corrected chi connectivity index (χ0v) is 11.7. The van der Waals surface area contributed by atoms with Crippen LogP contribution in [0.3, 0.4) is 0 Å². The van der Waals surface area contributed by atoms with Gasteiger partial charge in [-0.3, -0.25) is 4.99 Å². The molecule has 0 aromatic heterocycles. The Hall–Kier alpha value is -0.180. The lowest BCUT2D eigenvalue weighted by Gasteiger charge is -2.20. The third-order valence-electron chi connectivity index (χ3n) is 4.22. The molecule has 2 rings (SSSR count). The van der Waals surface area contributed by atoms with Crippen LogP contribution in [0.5, 0.6) is 0 Å². The van der Waals surface area contributed by atoms with Crippen molar-refractivity contribution in [2.45, 2.75) is 52.6 Å². The molecule has 1 heterocycles. The second kappa shape index (κ2) is 4.99. The van der Waals surface area contributed by atoms with Gasteiger partial charge in [0.2, 0.25) is 0 Å². The van der Waals surface area contributed by atoms with Gasteiger partial charge in [0.25, 0.3) is 0 Å². The van der Waals surface area contributed by atoms with Crippen molar-refractivity contribution in [3.63, 3.8) is 0 Å². The van der Waals surface area contributed by atoms with Crippen molar-refractivity contribution in [3.05, 3.63) is 0 Å². The SMILES string of the molecule is CC1CCC(NC2=N[C@@H](C(C)C)CS2)C1C. The summed E-state index contributed by atoms with van der Waals surface area (Å²) in [5.41, 5.74) is 0. The van der Waals surface area contributed by atoms with E-state index in [1.54, 1.807) is 0 Å². The largest absolute Gasteiger partial charge is 0.362 e. The van der Waals surface area contributed by atoms with E-state index in [0.29, 0.717) is 18.0 Å². The lowest BCUT2D eigenvalue weighted by molar-refractivity contribution is 0.403. The molecule has 0 radical (unpaired) electrons. The van der Waals surface area contributed by atoms with Crippen LogP contribution in [0.25, 0.3) is 0 Å². The van der Waals surface area contributed by atoms with Gasteiger partial charge < -0.3 is 5.32 Å². The molecule has 0 amide bonds. The van der Waals surface area contributed by atoms with Gasteiger partial charge in [-0.05, 0) is 30.6 Å². The van der Waals surface area contributed by atoms with Gasteiger partial charge in [0.15, 0.2) is 5.17 Å². The highest BCUT2D eigenvalue weighted by Gasteiger charge is 2.31. The Balaban J connectivity index is 1.89. The predicted octanol–water partition coefficient (Wildman–Crippen LogP) is 3.14. The molecule has 2 nitrogen and oxygen atoms in total. The van der Waals surface area contributed by atoms with Gasteiger partial charge in [-0.25, -0.2) is 0 Å². The van der Waals surface area contributed by atoms with Crippen molar-refractivity contribution >= 4 is 16.9 Å². The summed E-state index contributed by atoms with van der Waals surface area (Å²) in [6.07, 6.45) is 2.68. The second-order valence-corrected chi connectivity index (χ2v) is 6.73. The molecular formula is C13H24N2S. The minimum Gasteiger partial charge on any atom is -0.362 e. The van der Waals surface area contributed by atoms with E-state index in [0.717, 1.165) is 17.6 Å². The quantitative estimate of drug-likeness (QED) is 0.802. The average Bonchev–Trinajstić information content (AvgIpc) is 2.81. The molecule has 92 valence electrons. The highest BCUT2D eigenvalue weighted by molar-refractivity contribution is 8.14. The summed E-state index contributed by atoms with van der Waals surface area (Å²) in [5.74, 6) is 3.50. The number of thioether (sulfide) groups is 1. The maximum atomic E-state index is 4.78. The molecule has 1 fully saturated rings. The van der Waals surface area contributed by atoms with Crippen molar-refractivity contribution in [2.24, 2.45) is 22.7 Å². The monoisotopic (exact) mass is 240 g/mol. The molecule has 0 aromatic rings. The summed E-state index contributed by atoms with van der Waals surface area (Å²) in [6.45, 7) is 9.26. The van der Waals surface area contributed by atoms with Crippen LogP contribution in [0.1, 0.15) is 40.5 Å². The smallest absolute Gasteiger partial charge is 0.157 e. The fraction of sp³-hybridized carbons (Fsp3) is 0.923. The van der Waals surface area contributed by atoms with Crippen LogP contribution in [-0.2, 0) is 0 Å².